The molecule has 5 heterocycles. The Morgan fingerprint density at radius 3 is 2.63 bits per heavy atom. The molecule has 2 aliphatic heterocycles. The van der Waals surface area contributed by atoms with Crippen LogP contribution in [0.15, 0.2) is 72.1 Å². The summed E-state index contributed by atoms with van der Waals surface area (Å²) in [5, 5.41) is 0. The van der Waals surface area contributed by atoms with Crippen LogP contribution < -0.4 is 4.74 Å². The van der Waals surface area contributed by atoms with Gasteiger partial charge in [-0.2, -0.15) is 4.31 Å². The van der Waals surface area contributed by atoms with Gasteiger partial charge in [-0.05, 0) is 35.9 Å². The van der Waals surface area contributed by atoms with Crippen molar-refractivity contribution >= 4 is 10.0 Å². The Morgan fingerprint density at radius 2 is 1.83 bits per heavy atom. The summed E-state index contributed by atoms with van der Waals surface area (Å²) in [6, 6.07) is 12.3. The number of ether oxygens (including phenoxy) is 1. The molecule has 0 amide bonds. The first-order valence-corrected chi connectivity index (χ1v) is 11.2. The fourth-order valence-corrected chi connectivity index (χ4v) is 5.75. The number of aromatic nitrogens is 3. The molecule has 0 spiro atoms. The van der Waals surface area contributed by atoms with Gasteiger partial charge in [0, 0.05) is 44.4 Å². The first-order valence-electron chi connectivity index (χ1n) is 9.76. The third-order valence-corrected chi connectivity index (χ3v) is 7.33. The van der Waals surface area contributed by atoms with E-state index in [9.17, 15) is 8.42 Å². The van der Waals surface area contributed by atoms with Gasteiger partial charge >= 0.3 is 0 Å². The maximum atomic E-state index is 13.6. The molecular formula is C21H21N5O3S. The van der Waals surface area contributed by atoms with Crippen LogP contribution in [0.25, 0.3) is 0 Å². The molecule has 1 fully saturated rings. The van der Waals surface area contributed by atoms with E-state index in [1.165, 1.54) is 4.31 Å². The van der Waals surface area contributed by atoms with Crippen LogP contribution in [0.2, 0.25) is 0 Å². The molecular weight excluding hydrogens is 402 g/mol. The predicted octanol–water partition coefficient (Wildman–Crippen LogP) is 1.71. The number of fused-ring (bicyclic) bond motifs is 2. The Hall–Kier alpha value is -2.88. The summed E-state index contributed by atoms with van der Waals surface area (Å²) >= 11 is 0. The van der Waals surface area contributed by atoms with E-state index in [-0.39, 0.29) is 29.5 Å². The lowest BCUT2D eigenvalue weighted by Crippen LogP contribution is -2.46. The summed E-state index contributed by atoms with van der Waals surface area (Å²) in [6.45, 7) is 2.02. The fraction of sp³-hybridized carbons (Fsp3) is 0.286. The predicted molar refractivity (Wildman–Crippen MR) is 109 cm³/mol. The second-order valence-electron chi connectivity index (χ2n) is 7.46. The molecule has 30 heavy (non-hydrogen) atoms. The lowest BCUT2D eigenvalue weighted by Gasteiger charge is -2.27. The van der Waals surface area contributed by atoms with Gasteiger partial charge in [0.2, 0.25) is 15.9 Å². The van der Waals surface area contributed by atoms with Crippen molar-refractivity contribution < 1.29 is 13.2 Å². The molecule has 154 valence electrons. The number of hydrogen-bond acceptors (Lipinski definition) is 7. The quantitative estimate of drug-likeness (QED) is 0.631. The highest BCUT2D eigenvalue weighted by atomic mass is 32.2. The monoisotopic (exact) mass is 423 g/mol. The maximum absolute atomic E-state index is 13.6. The normalized spacial score (nSPS) is 23.2. The molecule has 2 atom stereocenters. The summed E-state index contributed by atoms with van der Waals surface area (Å²) in [6.07, 6.45) is 6.47. The number of hydrogen-bond donors (Lipinski definition) is 0. The van der Waals surface area contributed by atoms with Gasteiger partial charge in [-0.1, -0.05) is 12.1 Å². The molecule has 0 N–H and O–H groups in total. The third kappa shape index (κ3) is 3.55. The molecule has 9 heteroatoms. The largest absolute Gasteiger partial charge is 0.470 e. The molecule has 5 rings (SSSR count). The summed E-state index contributed by atoms with van der Waals surface area (Å²) in [4.78, 5) is 15.0. The first kappa shape index (κ1) is 19.1. The summed E-state index contributed by atoms with van der Waals surface area (Å²) in [5.74, 6) is 0.166. The van der Waals surface area contributed by atoms with E-state index in [1.807, 2.05) is 36.5 Å². The van der Waals surface area contributed by atoms with Crippen LogP contribution in [0.1, 0.15) is 11.3 Å². The molecule has 0 bridgehead atoms. The van der Waals surface area contributed by atoms with Crippen molar-refractivity contribution in [2.75, 3.05) is 13.1 Å². The smallest absolute Gasteiger partial charge is 0.249 e. The van der Waals surface area contributed by atoms with Crippen molar-refractivity contribution in [1.29, 1.82) is 0 Å². The van der Waals surface area contributed by atoms with Crippen molar-refractivity contribution in [3.8, 4) is 5.88 Å². The molecule has 3 aromatic rings. The van der Waals surface area contributed by atoms with Crippen LogP contribution in [-0.4, -0.2) is 57.8 Å². The Bertz CT molecular complexity index is 1130. The topological polar surface area (TPSA) is 88.5 Å². The van der Waals surface area contributed by atoms with Crippen LogP contribution in [0.5, 0.6) is 5.88 Å². The maximum Gasteiger partial charge on any atom is 0.249 e. The van der Waals surface area contributed by atoms with Gasteiger partial charge in [-0.15, -0.1) is 0 Å². The van der Waals surface area contributed by atoms with Gasteiger partial charge in [0.15, 0.2) is 0 Å². The number of rotatable bonds is 4. The molecule has 3 aromatic heterocycles. The number of likely N-dealkylation sites (tertiary alicyclic amines) is 1. The summed E-state index contributed by atoms with van der Waals surface area (Å²) in [7, 11) is -3.80. The number of sulfonamides is 1. The van der Waals surface area contributed by atoms with Crippen molar-refractivity contribution in [3.05, 3.63) is 78.5 Å². The molecule has 2 aliphatic rings. The van der Waals surface area contributed by atoms with E-state index in [1.54, 1.807) is 30.7 Å². The first-order chi connectivity index (χ1) is 14.6. The molecule has 0 radical (unpaired) electrons. The fourth-order valence-electron chi connectivity index (χ4n) is 4.07. The highest BCUT2D eigenvalue weighted by Gasteiger charge is 2.47. The van der Waals surface area contributed by atoms with Gasteiger partial charge in [-0.25, -0.2) is 13.4 Å². The minimum Gasteiger partial charge on any atom is -0.470 e. The van der Waals surface area contributed by atoms with E-state index < -0.39 is 10.0 Å². The van der Waals surface area contributed by atoms with Crippen LogP contribution in [0, 0.1) is 0 Å². The molecule has 8 nitrogen and oxygen atoms in total. The van der Waals surface area contributed by atoms with Gasteiger partial charge in [0.1, 0.15) is 11.0 Å². The summed E-state index contributed by atoms with van der Waals surface area (Å²) < 4.78 is 34.8. The van der Waals surface area contributed by atoms with Gasteiger partial charge in [-0.3, -0.25) is 14.9 Å². The third-order valence-electron chi connectivity index (χ3n) is 5.44. The zero-order chi connectivity index (χ0) is 20.6. The Morgan fingerprint density at radius 1 is 0.967 bits per heavy atom. The van der Waals surface area contributed by atoms with E-state index in [0.717, 1.165) is 5.56 Å². The average Bonchev–Trinajstić information content (AvgIpc) is 3.11. The minimum atomic E-state index is -3.80. The minimum absolute atomic E-state index is 0.106. The van der Waals surface area contributed by atoms with Crippen molar-refractivity contribution in [1.82, 2.24) is 24.2 Å². The Balaban J connectivity index is 1.51. The van der Waals surface area contributed by atoms with Crippen LogP contribution in [0.3, 0.4) is 0 Å². The van der Waals surface area contributed by atoms with E-state index in [2.05, 4.69) is 19.9 Å². The van der Waals surface area contributed by atoms with Crippen LogP contribution in [-0.2, 0) is 23.1 Å². The molecule has 0 saturated carbocycles. The van der Waals surface area contributed by atoms with Crippen molar-refractivity contribution in [2.24, 2.45) is 0 Å². The molecule has 0 aromatic carbocycles. The second kappa shape index (κ2) is 7.75. The van der Waals surface area contributed by atoms with Gasteiger partial charge in [0.25, 0.3) is 0 Å². The van der Waals surface area contributed by atoms with Crippen LogP contribution in [0.4, 0.5) is 0 Å². The molecule has 0 aliphatic carbocycles. The van der Waals surface area contributed by atoms with Crippen molar-refractivity contribution in [2.45, 2.75) is 30.1 Å². The molecule has 1 saturated heterocycles. The lowest BCUT2D eigenvalue weighted by molar-refractivity contribution is 0.143. The van der Waals surface area contributed by atoms with Gasteiger partial charge in [0.05, 0.1) is 18.3 Å². The highest BCUT2D eigenvalue weighted by molar-refractivity contribution is 7.89. The SMILES string of the molecule is O=S1(=O)c2cccnc2O[C@H]2CN(Cc3cccnc3)C[C@H]2N1Cc1ccccn1. The van der Waals surface area contributed by atoms with E-state index in [0.29, 0.717) is 25.3 Å². The highest BCUT2D eigenvalue weighted by Crippen LogP contribution is 2.35. The zero-order valence-corrected chi connectivity index (χ0v) is 17.0. The van der Waals surface area contributed by atoms with Gasteiger partial charge < -0.3 is 4.74 Å². The van der Waals surface area contributed by atoms with E-state index >= 15 is 0 Å². The Kier molecular flexibility index (Phi) is 4.93. The Labute approximate surface area is 175 Å². The zero-order valence-electron chi connectivity index (χ0n) is 16.2. The molecule has 0 unspecified atom stereocenters. The number of pyridine rings is 3. The van der Waals surface area contributed by atoms with Crippen LogP contribution >= 0.6 is 0 Å². The van der Waals surface area contributed by atoms with E-state index in [4.69, 9.17) is 4.74 Å². The van der Waals surface area contributed by atoms with Crippen molar-refractivity contribution in [3.63, 3.8) is 0 Å². The second-order valence-corrected chi connectivity index (χ2v) is 9.32. The average molecular weight is 423 g/mol. The number of nitrogens with zero attached hydrogens (tertiary/aromatic N) is 5. The standard InChI is InChI=1S/C21H21N5O3S/c27-30(28)20-7-4-10-24-21(20)29-19-15-25(12-16-5-3-8-22-11-16)14-18(19)26(30)13-17-6-1-2-9-23-17/h1-11,18-19H,12-15H2/t18-,19+/m1/s1. The lowest BCUT2D eigenvalue weighted by atomic mass is 10.2. The summed E-state index contributed by atoms with van der Waals surface area (Å²) in [5.41, 5.74) is 1.77.